The Labute approximate surface area is 181 Å². The molecule has 0 atom stereocenters. The van der Waals surface area contributed by atoms with Gasteiger partial charge in [0.15, 0.2) is 0 Å². The molecule has 2 rings (SSSR count). The van der Waals surface area contributed by atoms with Gasteiger partial charge in [-0.1, -0.05) is 34.8 Å². The molecule has 1 heterocycles. The van der Waals surface area contributed by atoms with Gasteiger partial charge in [0.05, 0.1) is 31.2 Å². The van der Waals surface area contributed by atoms with Gasteiger partial charge in [-0.25, -0.2) is 4.39 Å². The lowest BCUT2D eigenvalue weighted by Crippen LogP contribution is -2.07. The topological polar surface area (TPSA) is 28.7 Å². The van der Waals surface area contributed by atoms with Gasteiger partial charge < -0.3 is 0 Å². The van der Waals surface area contributed by atoms with Crippen molar-refractivity contribution in [3.8, 4) is 11.8 Å². The lowest BCUT2D eigenvalue weighted by molar-refractivity contribution is -0.137. The van der Waals surface area contributed by atoms with Crippen molar-refractivity contribution in [1.29, 1.82) is 5.26 Å². The fourth-order valence-electron chi connectivity index (χ4n) is 2.26. The Morgan fingerprint density at radius 3 is 2.07 bits per heavy atom. The molecule has 2 aromatic rings. The molecule has 148 valence electrons. The third kappa shape index (κ3) is 4.25. The highest BCUT2D eigenvalue weighted by Crippen LogP contribution is 2.69. The molecule has 1 aromatic carbocycles. The van der Waals surface area contributed by atoms with Crippen LogP contribution in [0.1, 0.15) is 11.1 Å². The van der Waals surface area contributed by atoms with Gasteiger partial charge in [-0.2, -0.15) is 18.4 Å². The molecule has 0 aliphatic heterocycles. The van der Waals surface area contributed by atoms with Crippen LogP contribution in [0.25, 0.3) is 5.69 Å². The van der Waals surface area contributed by atoms with Crippen molar-refractivity contribution in [3.05, 3.63) is 38.5 Å². The predicted octanol–water partition coefficient (Wildman–Crippen LogP) is 8.45. The van der Waals surface area contributed by atoms with E-state index in [1.54, 1.807) is 12.3 Å². The normalized spacial score (nSPS) is 12.9. The summed E-state index contributed by atoms with van der Waals surface area (Å²) in [4.78, 5) is -0.0413. The number of rotatable bonds is 4. The highest BCUT2D eigenvalue weighted by molar-refractivity contribution is 8.65. The van der Waals surface area contributed by atoms with Crippen molar-refractivity contribution in [3.63, 3.8) is 0 Å². The standard InChI is InChI=1S/C14H7Cl5F4N2S2/c1-26-13-11(27(18,19)5-20)7(4-24)12(17)25(13)10-8(15)2-6(3-9(10)16)14(21,22)23/h2-3H,5H2,1H3. The van der Waals surface area contributed by atoms with Gasteiger partial charge in [0.1, 0.15) is 22.8 Å². The van der Waals surface area contributed by atoms with Crippen molar-refractivity contribution in [2.45, 2.75) is 16.1 Å². The maximum absolute atomic E-state index is 13.4. The van der Waals surface area contributed by atoms with Crippen LogP contribution in [0.2, 0.25) is 15.2 Å². The first-order valence-electron chi connectivity index (χ1n) is 6.61. The molecule has 0 radical (unpaired) electrons. The first-order valence-corrected chi connectivity index (χ1v) is 12.4. The summed E-state index contributed by atoms with van der Waals surface area (Å²) in [6.45, 7) is 0. The molecule has 0 aliphatic carbocycles. The van der Waals surface area contributed by atoms with Crippen LogP contribution in [-0.4, -0.2) is 16.8 Å². The van der Waals surface area contributed by atoms with E-state index in [2.05, 4.69) is 0 Å². The summed E-state index contributed by atoms with van der Waals surface area (Å²) in [6, 6.07) is 1.98. The molecule has 0 saturated heterocycles. The van der Waals surface area contributed by atoms with Gasteiger partial charge in [-0.3, -0.25) is 4.57 Å². The number of hydrogen-bond donors (Lipinski definition) is 0. The van der Waals surface area contributed by atoms with E-state index in [9.17, 15) is 22.8 Å². The zero-order valence-corrected chi connectivity index (χ0v) is 18.4. The number of aromatic nitrogens is 1. The molecular formula is C14H7Cl5F4N2S2. The van der Waals surface area contributed by atoms with Crippen LogP contribution < -0.4 is 0 Å². The van der Waals surface area contributed by atoms with Crippen LogP contribution in [0.15, 0.2) is 22.1 Å². The monoisotopic (exact) mass is 518 g/mol. The number of benzene rings is 1. The highest BCUT2D eigenvalue weighted by atomic mass is 36.0. The van der Waals surface area contributed by atoms with E-state index >= 15 is 0 Å². The molecule has 0 aliphatic rings. The number of thioether (sulfide) groups is 1. The van der Waals surface area contributed by atoms with Gasteiger partial charge in [-0.15, -0.1) is 11.8 Å². The second-order valence-electron chi connectivity index (χ2n) is 4.92. The molecule has 0 bridgehead atoms. The molecule has 0 saturated carbocycles. The van der Waals surface area contributed by atoms with Gasteiger partial charge in [-0.05, 0) is 48.2 Å². The van der Waals surface area contributed by atoms with Crippen LogP contribution in [0.5, 0.6) is 0 Å². The fourth-order valence-corrected chi connectivity index (χ4v) is 6.73. The van der Waals surface area contributed by atoms with Crippen molar-refractivity contribution in [2.75, 3.05) is 12.3 Å². The zero-order valence-electron chi connectivity index (χ0n) is 13.0. The minimum atomic E-state index is -4.67. The van der Waals surface area contributed by atoms with Crippen molar-refractivity contribution in [2.24, 2.45) is 0 Å². The van der Waals surface area contributed by atoms with Gasteiger partial charge in [0, 0.05) is 0 Å². The Bertz CT molecular complexity index is 914. The van der Waals surface area contributed by atoms with Crippen molar-refractivity contribution < 1.29 is 17.6 Å². The first kappa shape index (κ1) is 23.1. The van der Waals surface area contributed by atoms with E-state index in [1.165, 1.54) is 0 Å². The summed E-state index contributed by atoms with van der Waals surface area (Å²) in [5.41, 5.74) is -1.37. The third-order valence-electron chi connectivity index (χ3n) is 3.34. The average Bonchev–Trinajstić information content (AvgIpc) is 2.86. The van der Waals surface area contributed by atoms with E-state index < -0.39 is 26.2 Å². The lowest BCUT2D eigenvalue weighted by atomic mass is 10.2. The SMILES string of the molecule is CSc1c(S(Cl)(Cl)CF)c(C#N)c(Cl)n1-c1c(Cl)cc(C(F)(F)F)cc1Cl. The average molecular weight is 521 g/mol. The highest BCUT2D eigenvalue weighted by Gasteiger charge is 2.36. The minimum Gasteiger partial charge on any atom is -0.290 e. The Balaban J connectivity index is 2.92. The second kappa shape index (κ2) is 8.31. The molecule has 0 fully saturated rings. The first-order chi connectivity index (χ1) is 12.4. The largest absolute Gasteiger partial charge is 0.416 e. The van der Waals surface area contributed by atoms with Crippen LogP contribution in [0, 0.1) is 11.3 Å². The summed E-state index contributed by atoms with van der Waals surface area (Å²) < 4.78 is 53.4. The van der Waals surface area contributed by atoms with E-state index in [1.807, 2.05) is 0 Å². The lowest BCUT2D eigenvalue weighted by Gasteiger charge is -2.22. The quantitative estimate of drug-likeness (QED) is 0.299. The second-order valence-corrected chi connectivity index (χ2v) is 12.3. The van der Waals surface area contributed by atoms with Crippen LogP contribution in [-0.2, 0) is 6.18 Å². The molecular weight excluding hydrogens is 514 g/mol. The number of alkyl halides is 4. The Kier molecular flexibility index (Phi) is 7.12. The number of hydrogen-bond acceptors (Lipinski definition) is 2. The number of nitrogens with zero attached hydrogens (tertiary/aromatic N) is 2. The van der Waals surface area contributed by atoms with E-state index in [0.717, 1.165) is 16.3 Å². The van der Waals surface area contributed by atoms with Gasteiger partial charge >= 0.3 is 6.18 Å². The molecule has 2 nitrogen and oxygen atoms in total. The van der Waals surface area contributed by atoms with Crippen molar-refractivity contribution >= 4 is 76.4 Å². The minimum absolute atomic E-state index is 0.0413. The fraction of sp³-hybridized carbons (Fsp3) is 0.214. The summed E-state index contributed by atoms with van der Waals surface area (Å²) >= 11 is 19.3. The van der Waals surface area contributed by atoms with Gasteiger partial charge in [0.2, 0.25) is 0 Å². The maximum atomic E-state index is 13.4. The smallest absolute Gasteiger partial charge is 0.290 e. The molecule has 0 spiro atoms. The summed E-state index contributed by atoms with van der Waals surface area (Å²) in [5.74, 6) is 0. The van der Waals surface area contributed by atoms with Crippen molar-refractivity contribution in [1.82, 2.24) is 4.57 Å². The Morgan fingerprint density at radius 1 is 1.19 bits per heavy atom. The van der Waals surface area contributed by atoms with Crippen LogP contribution in [0.4, 0.5) is 17.6 Å². The molecule has 1 aromatic heterocycles. The molecule has 0 unspecified atom stereocenters. The van der Waals surface area contributed by atoms with Crippen LogP contribution in [0.3, 0.4) is 0 Å². The molecule has 0 N–H and O–H groups in total. The van der Waals surface area contributed by atoms with Gasteiger partial charge in [0.25, 0.3) is 0 Å². The Hall–Kier alpha value is -0.140. The molecule has 0 amide bonds. The molecule has 27 heavy (non-hydrogen) atoms. The van der Waals surface area contributed by atoms with E-state index in [-0.39, 0.29) is 36.4 Å². The van der Waals surface area contributed by atoms with E-state index in [4.69, 9.17) is 56.2 Å². The summed E-state index contributed by atoms with van der Waals surface area (Å²) in [6.07, 6.45) is -3.10. The number of nitriles is 1. The summed E-state index contributed by atoms with van der Waals surface area (Å²) in [7, 11) is 9.06. The predicted molar refractivity (Wildman–Crippen MR) is 106 cm³/mol. The summed E-state index contributed by atoms with van der Waals surface area (Å²) in [5, 5.41) is 8.59. The number of halogens is 9. The molecule has 13 heteroatoms. The van der Waals surface area contributed by atoms with E-state index in [0.29, 0.717) is 12.1 Å². The maximum Gasteiger partial charge on any atom is 0.416 e. The van der Waals surface area contributed by atoms with Crippen LogP contribution >= 0.6 is 76.4 Å². The zero-order chi connectivity index (χ0) is 20.7. The Morgan fingerprint density at radius 2 is 1.70 bits per heavy atom. The third-order valence-corrected chi connectivity index (χ3v) is 7.86.